The molecule has 9 nitrogen and oxygen atoms in total. The number of fused-ring (bicyclic) bond motifs is 1. The summed E-state index contributed by atoms with van der Waals surface area (Å²) in [6.07, 6.45) is 1.66. The summed E-state index contributed by atoms with van der Waals surface area (Å²) in [6, 6.07) is 11.1. The molecule has 1 aliphatic rings. The van der Waals surface area contributed by atoms with Gasteiger partial charge < -0.3 is 14.8 Å². The van der Waals surface area contributed by atoms with Gasteiger partial charge in [-0.1, -0.05) is 0 Å². The lowest BCUT2D eigenvalue weighted by Gasteiger charge is -2.12. The predicted molar refractivity (Wildman–Crippen MR) is 129 cm³/mol. The number of hydrogen-bond acceptors (Lipinski definition) is 6. The maximum absolute atomic E-state index is 12.8. The van der Waals surface area contributed by atoms with E-state index in [4.69, 9.17) is 9.47 Å². The summed E-state index contributed by atoms with van der Waals surface area (Å²) in [4.78, 5) is 12.5. The van der Waals surface area contributed by atoms with E-state index in [2.05, 4.69) is 15.1 Å². The largest absolute Gasteiger partial charge is 0.490 e. The highest BCUT2D eigenvalue weighted by Gasteiger charge is 2.19. The number of aryl methyl sites for hydroxylation is 2. The van der Waals surface area contributed by atoms with Crippen LogP contribution in [0.25, 0.3) is 0 Å². The highest BCUT2D eigenvalue weighted by Crippen LogP contribution is 2.32. The van der Waals surface area contributed by atoms with E-state index in [1.807, 2.05) is 25.6 Å². The Morgan fingerprint density at radius 1 is 1.03 bits per heavy atom. The number of sulfonamides is 1. The highest BCUT2D eigenvalue weighted by atomic mass is 32.2. The quantitative estimate of drug-likeness (QED) is 0.530. The molecule has 3 aromatic rings. The van der Waals surface area contributed by atoms with Gasteiger partial charge in [0.05, 0.1) is 23.8 Å². The van der Waals surface area contributed by atoms with E-state index in [9.17, 15) is 13.2 Å². The third-order valence-electron chi connectivity index (χ3n) is 5.71. The number of carbonyl (C=O) groups excluding carboxylic acids is 1. The van der Waals surface area contributed by atoms with Crippen LogP contribution < -0.4 is 19.5 Å². The minimum absolute atomic E-state index is 0.0788. The first-order valence-corrected chi connectivity index (χ1v) is 12.5. The van der Waals surface area contributed by atoms with Gasteiger partial charge in [0, 0.05) is 43.0 Å². The fourth-order valence-electron chi connectivity index (χ4n) is 3.79. The van der Waals surface area contributed by atoms with Crippen LogP contribution in [0.3, 0.4) is 0 Å². The molecule has 0 saturated carbocycles. The number of hydrogen-bond donors (Lipinski definition) is 2. The van der Waals surface area contributed by atoms with Crippen LogP contribution in [-0.4, -0.2) is 37.3 Å². The van der Waals surface area contributed by atoms with Crippen LogP contribution in [0.4, 0.5) is 11.4 Å². The first kappa shape index (κ1) is 23.6. The van der Waals surface area contributed by atoms with Crippen molar-refractivity contribution in [3.8, 4) is 11.5 Å². The average Bonchev–Trinajstić information content (AvgIpc) is 2.96. The van der Waals surface area contributed by atoms with Crippen LogP contribution in [0.2, 0.25) is 0 Å². The van der Waals surface area contributed by atoms with Crippen molar-refractivity contribution in [2.24, 2.45) is 7.05 Å². The fourth-order valence-corrected chi connectivity index (χ4v) is 4.86. The number of nitrogens with zero attached hydrogens (tertiary/aromatic N) is 2. The lowest BCUT2D eigenvalue weighted by molar-refractivity contribution is -0.116. The summed E-state index contributed by atoms with van der Waals surface area (Å²) in [5.41, 5.74) is 4.03. The van der Waals surface area contributed by atoms with Gasteiger partial charge in [0.25, 0.3) is 10.0 Å². The third-order valence-corrected chi connectivity index (χ3v) is 7.09. The van der Waals surface area contributed by atoms with Crippen molar-refractivity contribution in [2.75, 3.05) is 23.3 Å². The SMILES string of the molecule is Cc1nn(C)c(C)c1CCC(=O)Nc1ccc(NS(=O)(=O)c2ccc3c(c2)OCCCO3)cc1. The molecule has 4 rings (SSSR count). The van der Waals surface area contributed by atoms with Crippen molar-refractivity contribution in [1.29, 1.82) is 0 Å². The summed E-state index contributed by atoms with van der Waals surface area (Å²) in [6.45, 7) is 4.92. The van der Waals surface area contributed by atoms with E-state index in [-0.39, 0.29) is 10.8 Å². The summed E-state index contributed by atoms with van der Waals surface area (Å²) in [5, 5.41) is 7.22. The number of nitrogens with one attached hydrogen (secondary N) is 2. The Bertz CT molecular complexity index is 1300. The third kappa shape index (κ3) is 5.33. The lowest BCUT2D eigenvalue weighted by atomic mass is 10.1. The first-order valence-electron chi connectivity index (χ1n) is 11.0. The summed E-state index contributed by atoms with van der Waals surface area (Å²) in [5.74, 6) is 0.823. The molecule has 2 heterocycles. The minimum atomic E-state index is -3.82. The van der Waals surface area contributed by atoms with Crippen LogP contribution in [0.1, 0.15) is 29.8 Å². The standard InChI is InChI=1S/C24H28N4O5S/c1-16-21(17(2)28(3)26-16)10-12-24(29)25-18-5-7-19(8-6-18)27-34(30,31)20-9-11-22-23(15-20)33-14-4-13-32-22/h5-9,11,15,27H,4,10,12-14H2,1-3H3,(H,25,29). The molecule has 1 aromatic heterocycles. The van der Waals surface area contributed by atoms with E-state index in [1.54, 1.807) is 30.3 Å². The molecule has 180 valence electrons. The molecule has 0 radical (unpaired) electrons. The van der Waals surface area contributed by atoms with Gasteiger partial charge in [-0.05, 0) is 62.2 Å². The summed E-state index contributed by atoms with van der Waals surface area (Å²) in [7, 11) is -1.94. The van der Waals surface area contributed by atoms with E-state index >= 15 is 0 Å². The van der Waals surface area contributed by atoms with Gasteiger partial charge in [0.1, 0.15) is 0 Å². The topological polar surface area (TPSA) is 112 Å². The number of rotatable bonds is 7. The normalized spacial score (nSPS) is 13.3. The summed E-state index contributed by atoms with van der Waals surface area (Å²) >= 11 is 0. The first-order chi connectivity index (χ1) is 16.2. The van der Waals surface area contributed by atoms with Gasteiger partial charge in [0.15, 0.2) is 11.5 Å². The number of benzene rings is 2. The monoisotopic (exact) mass is 484 g/mol. The second-order valence-electron chi connectivity index (χ2n) is 8.16. The highest BCUT2D eigenvalue weighted by molar-refractivity contribution is 7.92. The van der Waals surface area contributed by atoms with E-state index in [1.165, 1.54) is 12.1 Å². The Balaban J connectivity index is 1.36. The number of ether oxygens (including phenoxy) is 2. The van der Waals surface area contributed by atoms with Crippen LogP contribution >= 0.6 is 0 Å². The fraction of sp³-hybridized carbons (Fsp3) is 0.333. The molecule has 2 aromatic carbocycles. The second-order valence-corrected chi connectivity index (χ2v) is 9.85. The van der Waals surface area contributed by atoms with E-state index in [0.29, 0.717) is 48.9 Å². The van der Waals surface area contributed by atoms with Crippen LogP contribution in [-0.2, 0) is 28.3 Å². The molecule has 0 aliphatic carbocycles. The van der Waals surface area contributed by atoms with Gasteiger partial charge in [-0.15, -0.1) is 0 Å². The van der Waals surface area contributed by atoms with Crippen molar-refractivity contribution in [2.45, 2.75) is 38.0 Å². The van der Waals surface area contributed by atoms with Gasteiger partial charge in [-0.3, -0.25) is 14.2 Å². The molecule has 0 saturated heterocycles. The Morgan fingerprint density at radius 2 is 1.71 bits per heavy atom. The maximum Gasteiger partial charge on any atom is 0.262 e. The van der Waals surface area contributed by atoms with Gasteiger partial charge >= 0.3 is 0 Å². The number of amides is 1. The van der Waals surface area contributed by atoms with Crippen molar-refractivity contribution in [3.05, 3.63) is 59.4 Å². The average molecular weight is 485 g/mol. The molecule has 0 atom stereocenters. The molecular formula is C24H28N4O5S. The molecule has 34 heavy (non-hydrogen) atoms. The Labute approximate surface area is 199 Å². The number of aromatic nitrogens is 2. The zero-order valence-electron chi connectivity index (χ0n) is 19.4. The minimum Gasteiger partial charge on any atom is -0.490 e. The van der Waals surface area contributed by atoms with Crippen molar-refractivity contribution < 1.29 is 22.7 Å². The van der Waals surface area contributed by atoms with Crippen LogP contribution in [0, 0.1) is 13.8 Å². The van der Waals surface area contributed by atoms with Gasteiger partial charge in [0.2, 0.25) is 5.91 Å². The van der Waals surface area contributed by atoms with E-state index in [0.717, 1.165) is 23.4 Å². The molecule has 0 unspecified atom stereocenters. The molecule has 0 spiro atoms. The van der Waals surface area contributed by atoms with Crippen molar-refractivity contribution in [3.63, 3.8) is 0 Å². The zero-order chi connectivity index (χ0) is 24.3. The lowest BCUT2D eigenvalue weighted by Crippen LogP contribution is -2.14. The molecule has 10 heteroatoms. The Kier molecular flexibility index (Phi) is 6.78. The summed E-state index contributed by atoms with van der Waals surface area (Å²) < 4.78 is 41.2. The van der Waals surface area contributed by atoms with Crippen LogP contribution in [0.15, 0.2) is 47.4 Å². The van der Waals surface area contributed by atoms with Crippen LogP contribution in [0.5, 0.6) is 11.5 Å². The molecule has 1 aliphatic heterocycles. The van der Waals surface area contributed by atoms with E-state index < -0.39 is 10.0 Å². The Morgan fingerprint density at radius 3 is 2.38 bits per heavy atom. The molecule has 0 bridgehead atoms. The zero-order valence-corrected chi connectivity index (χ0v) is 20.2. The van der Waals surface area contributed by atoms with Crippen molar-refractivity contribution >= 4 is 27.3 Å². The number of carbonyl (C=O) groups is 1. The predicted octanol–water partition coefficient (Wildman–Crippen LogP) is 3.57. The molecule has 0 fully saturated rings. The smallest absolute Gasteiger partial charge is 0.262 e. The van der Waals surface area contributed by atoms with Gasteiger partial charge in [-0.2, -0.15) is 5.10 Å². The number of anilines is 2. The maximum atomic E-state index is 12.8. The second kappa shape index (κ2) is 9.76. The molecule has 1 amide bonds. The Hall–Kier alpha value is -3.53. The van der Waals surface area contributed by atoms with Crippen molar-refractivity contribution in [1.82, 2.24) is 9.78 Å². The molecular weight excluding hydrogens is 456 g/mol. The van der Waals surface area contributed by atoms with Gasteiger partial charge in [-0.25, -0.2) is 8.42 Å². The molecule has 2 N–H and O–H groups in total.